The van der Waals surface area contributed by atoms with Gasteiger partial charge in [0.2, 0.25) is 5.76 Å². The van der Waals surface area contributed by atoms with Crippen molar-refractivity contribution in [2.45, 2.75) is 13.1 Å². The number of carbonyl (C=O) groups excluding carboxylic acids is 2. The third kappa shape index (κ3) is 2.53. The number of ether oxygens (including phenoxy) is 1. The molecule has 0 fully saturated rings. The molecule has 0 aromatic carbocycles. The molecule has 1 aromatic heterocycles. The quantitative estimate of drug-likeness (QED) is 0.753. The Bertz CT molecular complexity index is 670. The molecule has 21 heavy (non-hydrogen) atoms. The van der Waals surface area contributed by atoms with Crippen molar-refractivity contribution in [3.05, 3.63) is 33.6 Å². The number of methoxy groups -OCH3 is 1. The predicted octanol–water partition coefficient (Wildman–Crippen LogP) is 2.08. The predicted molar refractivity (Wildman–Crippen MR) is 67.9 cm³/mol. The van der Waals surface area contributed by atoms with Crippen LogP contribution in [-0.4, -0.2) is 18.9 Å². The molecule has 5 nitrogen and oxygen atoms in total. The van der Waals surface area contributed by atoms with E-state index in [0.29, 0.717) is 11.0 Å². The number of amides is 2. The van der Waals surface area contributed by atoms with E-state index in [1.54, 1.807) is 0 Å². The Labute approximate surface area is 125 Å². The van der Waals surface area contributed by atoms with Crippen LogP contribution in [-0.2, 0) is 20.5 Å². The van der Waals surface area contributed by atoms with Crippen molar-refractivity contribution in [3.63, 3.8) is 0 Å². The molecule has 9 heteroatoms. The van der Waals surface area contributed by atoms with Crippen molar-refractivity contribution in [1.82, 2.24) is 0 Å². The monoisotopic (exact) mass is 365 g/mol. The summed E-state index contributed by atoms with van der Waals surface area (Å²) in [6, 6.07) is 0.686. The Morgan fingerprint density at radius 1 is 1.29 bits per heavy atom. The topological polar surface area (TPSA) is 60.8 Å². The van der Waals surface area contributed by atoms with E-state index in [-0.39, 0.29) is 21.6 Å². The van der Waals surface area contributed by atoms with Gasteiger partial charge < -0.3 is 4.74 Å². The maximum atomic E-state index is 12.9. The highest BCUT2D eigenvalue weighted by Crippen LogP contribution is 2.36. The Balaban J connectivity index is 2.51. The number of carbonyl (C=O) groups is 2. The zero-order valence-corrected chi connectivity index (χ0v) is 12.4. The summed E-state index contributed by atoms with van der Waals surface area (Å²) in [6.45, 7) is 1.36. The number of H-pyrrole nitrogens is 1. The summed E-state index contributed by atoms with van der Waals surface area (Å²) in [7, 11) is 1.21. The molecule has 0 spiro atoms. The Kier molecular flexibility index (Phi) is 3.79. The fourth-order valence-electron chi connectivity index (χ4n) is 1.89. The number of aromatic nitrogens is 1. The molecule has 1 N–H and O–H groups in total. The van der Waals surface area contributed by atoms with Gasteiger partial charge in [-0.3, -0.25) is 0 Å². The molecular formula is C12H9BrF3N2O3+. The summed E-state index contributed by atoms with van der Waals surface area (Å²) in [5.74, 6) is -2.02. The van der Waals surface area contributed by atoms with Crippen LogP contribution in [0.4, 0.5) is 19.0 Å². The van der Waals surface area contributed by atoms with Gasteiger partial charge in [-0.05, 0) is 22.9 Å². The maximum absolute atomic E-state index is 12.9. The molecule has 1 aliphatic rings. The average molecular weight is 366 g/mol. The van der Waals surface area contributed by atoms with Gasteiger partial charge in [-0.1, -0.05) is 0 Å². The molecule has 0 unspecified atom stereocenters. The lowest BCUT2D eigenvalue weighted by Crippen LogP contribution is -2.36. The van der Waals surface area contributed by atoms with Gasteiger partial charge >= 0.3 is 18.0 Å². The molecule has 1 aromatic rings. The Morgan fingerprint density at radius 2 is 1.90 bits per heavy atom. The lowest BCUT2D eigenvalue weighted by molar-refractivity contribution is -0.364. The molecule has 0 saturated heterocycles. The minimum Gasteiger partial charge on any atom is -0.489 e. The molecule has 2 rings (SSSR count). The second-order valence-electron chi connectivity index (χ2n) is 4.18. The van der Waals surface area contributed by atoms with E-state index in [1.165, 1.54) is 14.0 Å². The van der Waals surface area contributed by atoms with Crippen LogP contribution in [0, 0.1) is 0 Å². The average Bonchev–Trinajstić information content (AvgIpc) is 2.60. The lowest BCUT2D eigenvalue weighted by atomic mass is 10.2. The van der Waals surface area contributed by atoms with Crippen LogP contribution in [0.25, 0.3) is 0 Å². The van der Waals surface area contributed by atoms with E-state index >= 15 is 0 Å². The first-order valence-electron chi connectivity index (χ1n) is 5.60. The fraction of sp³-hybridized carbons (Fsp3) is 0.250. The number of aromatic amines is 1. The van der Waals surface area contributed by atoms with Crippen LogP contribution in [0.15, 0.2) is 28.1 Å². The second kappa shape index (κ2) is 5.14. The van der Waals surface area contributed by atoms with Crippen molar-refractivity contribution in [2.75, 3.05) is 12.0 Å². The van der Waals surface area contributed by atoms with Crippen LogP contribution in [0.1, 0.15) is 12.5 Å². The molecule has 0 saturated carbocycles. The SMILES string of the molecule is COC1=C(C)C(=O)N(c2cc(C(F)(F)F)c(Br)c[nH+]2)C1=O. The number of alkyl halides is 3. The number of pyridine rings is 1. The molecule has 2 heterocycles. The van der Waals surface area contributed by atoms with Gasteiger partial charge in [0.25, 0.3) is 5.82 Å². The highest BCUT2D eigenvalue weighted by atomic mass is 79.9. The van der Waals surface area contributed by atoms with Gasteiger partial charge in [0, 0.05) is 6.07 Å². The number of anilines is 1. The van der Waals surface area contributed by atoms with E-state index in [1.807, 2.05) is 0 Å². The normalized spacial score (nSPS) is 16.0. The minimum atomic E-state index is -4.62. The first-order valence-corrected chi connectivity index (χ1v) is 6.40. The maximum Gasteiger partial charge on any atom is 0.417 e. The highest BCUT2D eigenvalue weighted by Gasteiger charge is 2.47. The molecule has 0 atom stereocenters. The molecule has 112 valence electrons. The number of imide groups is 1. The Hall–Kier alpha value is -1.90. The van der Waals surface area contributed by atoms with Crippen LogP contribution in [0.3, 0.4) is 0 Å². The van der Waals surface area contributed by atoms with Crippen molar-refractivity contribution < 1.29 is 32.5 Å². The van der Waals surface area contributed by atoms with Crippen LogP contribution < -0.4 is 9.88 Å². The van der Waals surface area contributed by atoms with Gasteiger partial charge in [-0.25, -0.2) is 14.6 Å². The van der Waals surface area contributed by atoms with Crippen LogP contribution in [0.2, 0.25) is 0 Å². The number of hydrogen-bond acceptors (Lipinski definition) is 3. The summed E-state index contributed by atoms with van der Waals surface area (Å²) in [6.07, 6.45) is -3.61. The summed E-state index contributed by atoms with van der Waals surface area (Å²) in [5.41, 5.74) is -0.965. The second-order valence-corrected chi connectivity index (χ2v) is 5.04. The van der Waals surface area contributed by atoms with E-state index in [4.69, 9.17) is 4.74 Å². The van der Waals surface area contributed by atoms with Crippen LogP contribution in [0.5, 0.6) is 0 Å². The third-order valence-electron chi connectivity index (χ3n) is 2.90. The molecule has 1 aliphatic heterocycles. The molecule has 0 aliphatic carbocycles. The van der Waals surface area contributed by atoms with Gasteiger partial charge in [0.15, 0.2) is 0 Å². The molecule has 2 amide bonds. The van der Waals surface area contributed by atoms with E-state index in [2.05, 4.69) is 20.9 Å². The number of halogens is 4. The molecule has 0 radical (unpaired) electrons. The molecule has 0 bridgehead atoms. The zero-order chi connectivity index (χ0) is 15.9. The number of nitrogens with one attached hydrogen (secondary N) is 1. The third-order valence-corrected chi connectivity index (χ3v) is 3.55. The minimum absolute atomic E-state index is 0.0346. The van der Waals surface area contributed by atoms with Crippen LogP contribution >= 0.6 is 15.9 Å². The zero-order valence-electron chi connectivity index (χ0n) is 10.8. The van der Waals surface area contributed by atoms with Gasteiger partial charge in [-0.15, -0.1) is 4.90 Å². The van der Waals surface area contributed by atoms with Gasteiger partial charge in [0.1, 0.15) is 6.20 Å². The summed E-state index contributed by atoms with van der Waals surface area (Å²) < 4.78 is 43.2. The summed E-state index contributed by atoms with van der Waals surface area (Å²) in [4.78, 5) is 27.1. The largest absolute Gasteiger partial charge is 0.489 e. The summed E-state index contributed by atoms with van der Waals surface area (Å²) in [5, 5.41) is 0. The summed E-state index contributed by atoms with van der Waals surface area (Å²) >= 11 is 2.77. The number of rotatable bonds is 2. The van der Waals surface area contributed by atoms with Crippen molar-refractivity contribution in [2.24, 2.45) is 0 Å². The Morgan fingerprint density at radius 3 is 2.38 bits per heavy atom. The van der Waals surface area contributed by atoms with Crippen molar-refractivity contribution in [3.8, 4) is 0 Å². The smallest absolute Gasteiger partial charge is 0.417 e. The fourth-order valence-corrected chi connectivity index (χ4v) is 2.34. The number of nitrogens with zero attached hydrogens (tertiary/aromatic N) is 1. The number of hydrogen-bond donors (Lipinski definition) is 0. The standard InChI is InChI=1S/C12H8BrF3N2O3/c1-5-9(21-2)11(20)18(10(5)19)8-3-6(12(14,15)16)7(13)4-17-8/h3-4H,1-2H3/p+1. The van der Waals surface area contributed by atoms with E-state index < -0.39 is 23.6 Å². The van der Waals surface area contributed by atoms with Crippen molar-refractivity contribution in [1.29, 1.82) is 0 Å². The lowest BCUT2D eigenvalue weighted by Gasteiger charge is -2.10. The van der Waals surface area contributed by atoms with E-state index in [0.717, 1.165) is 6.20 Å². The van der Waals surface area contributed by atoms with Gasteiger partial charge in [0.05, 0.1) is 22.7 Å². The molecular weight excluding hydrogens is 357 g/mol. The first-order chi connectivity index (χ1) is 9.68. The highest BCUT2D eigenvalue weighted by molar-refractivity contribution is 9.10. The van der Waals surface area contributed by atoms with Crippen molar-refractivity contribution >= 4 is 33.6 Å². The first kappa shape index (κ1) is 15.5. The van der Waals surface area contributed by atoms with E-state index in [9.17, 15) is 22.8 Å². The van der Waals surface area contributed by atoms with Gasteiger partial charge in [-0.2, -0.15) is 13.2 Å².